The van der Waals surface area contributed by atoms with E-state index >= 15 is 0 Å². The molecular weight excluding hydrogens is 358 g/mol. The Balaban J connectivity index is 1.85. The van der Waals surface area contributed by atoms with Crippen LogP contribution in [0.15, 0.2) is 42.5 Å². The van der Waals surface area contributed by atoms with E-state index < -0.39 is 37.1 Å². The molecule has 6 heteroatoms. The van der Waals surface area contributed by atoms with E-state index in [1.54, 1.807) is 6.92 Å². The Bertz CT molecular complexity index is 833. The van der Waals surface area contributed by atoms with Crippen LogP contribution in [0.4, 0.5) is 0 Å². The van der Waals surface area contributed by atoms with Gasteiger partial charge in [-0.3, -0.25) is 0 Å². The number of aliphatic hydroxyl groups is 4. The maximum atomic E-state index is 10.4. The van der Waals surface area contributed by atoms with Crippen molar-refractivity contribution in [3.63, 3.8) is 0 Å². The number of aryl methyl sites for hydroxylation is 1. The molecule has 3 rings (SSSR count). The van der Waals surface area contributed by atoms with Gasteiger partial charge in [0.05, 0.1) is 6.61 Å². The third-order valence-corrected chi connectivity index (χ3v) is 5.38. The highest BCUT2D eigenvalue weighted by Gasteiger charge is 2.43. The second kappa shape index (κ2) is 8.51. The molecule has 0 unspecified atom stereocenters. The fourth-order valence-corrected chi connectivity index (χ4v) is 3.53. The number of hydrogen-bond acceptors (Lipinski definition) is 6. The molecule has 1 aliphatic heterocycles. The van der Waals surface area contributed by atoms with Gasteiger partial charge in [-0.1, -0.05) is 42.5 Å². The third kappa shape index (κ3) is 4.16. The molecule has 0 radical (unpaired) electrons. The molecule has 5 N–H and O–H groups in total. The minimum absolute atomic E-state index is 0.445. The molecule has 2 aromatic rings. The van der Waals surface area contributed by atoms with Crippen molar-refractivity contribution in [3.05, 3.63) is 70.3 Å². The number of ether oxygens (including phenoxy) is 1. The quantitative estimate of drug-likeness (QED) is 0.501. The number of rotatable bonds is 5. The summed E-state index contributed by atoms with van der Waals surface area (Å²) in [5.74, 6) is 0. The lowest BCUT2D eigenvalue weighted by Gasteiger charge is -2.40. The monoisotopic (exact) mass is 385 g/mol. The van der Waals surface area contributed by atoms with Crippen molar-refractivity contribution < 1.29 is 25.2 Å². The standard InChI is InChI=1S/C22H27NO5/c1-12-3-6-16(22-21(27)20(26)19(25)18(11-24)28-22)10-17(12)9-14-4-7-15(8-5-14)13(2)23/h3-8,10,18-27H,9,11H2,1-2H3/t18-,19-,20+,21-,22+/m1/s1. The lowest BCUT2D eigenvalue weighted by atomic mass is 9.89. The van der Waals surface area contributed by atoms with Crippen molar-refractivity contribution in [1.29, 1.82) is 5.41 Å². The first-order chi connectivity index (χ1) is 13.3. The van der Waals surface area contributed by atoms with E-state index in [0.717, 1.165) is 22.3 Å². The lowest BCUT2D eigenvalue weighted by molar-refractivity contribution is -0.231. The number of aliphatic hydroxyl groups excluding tert-OH is 4. The van der Waals surface area contributed by atoms with Gasteiger partial charge in [-0.2, -0.15) is 0 Å². The van der Waals surface area contributed by atoms with Crippen LogP contribution >= 0.6 is 0 Å². The highest BCUT2D eigenvalue weighted by atomic mass is 16.5. The van der Waals surface area contributed by atoms with E-state index in [0.29, 0.717) is 17.7 Å². The normalized spacial score (nSPS) is 27.6. The molecule has 0 spiro atoms. The van der Waals surface area contributed by atoms with Crippen molar-refractivity contribution in [1.82, 2.24) is 0 Å². The molecule has 0 bridgehead atoms. The predicted molar refractivity (Wildman–Crippen MR) is 106 cm³/mol. The van der Waals surface area contributed by atoms with Gasteiger partial charge in [0.1, 0.15) is 30.5 Å². The van der Waals surface area contributed by atoms with E-state index in [2.05, 4.69) is 0 Å². The van der Waals surface area contributed by atoms with Crippen LogP contribution in [0.5, 0.6) is 0 Å². The number of benzene rings is 2. The van der Waals surface area contributed by atoms with E-state index in [4.69, 9.17) is 10.1 Å². The summed E-state index contributed by atoms with van der Waals surface area (Å²) in [7, 11) is 0. The Kier molecular flexibility index (Phi) is 6.27. The molecule has 28 heavy (non-hydrogen) atoms. The van der Waals surface area contributed by atoms with Gasteiger partial charge < -0.3 is 30.6 Å². The maximum Gasteiger partial charge on any atom is 0.113 e. The Morgan fingerprint density at radius 1 is 1.00 bits per heavy atom. The SMILES string of the molecule is CC(=N)c1ccc(Cc2cc([C@@H]3O[C@H](CO)[C@@H](O)[C@H](O)[C@H]3O)ccc2C)cc1. The Hall–Kier alpha value is -2.09. The van der Waals surface area contributed by atoms with Crippen molar-refractivity contribution in [3.8, 4) is 0 Å². The molecule has 0 saturated carbocycles. The number of hydrogen-bond donors (Lipinski definition) is 5. The highest BCUT2D eigenvalue weighted by molar-refractivity contribution is 5.96. The van der Waals surface area contributed by atoms with Crippen LogP contribution < -0.4 is 0 Å². The molecule has 150 valence electrons. The first-order valence-corrected chi connectivity index (χ1v) is 9.36. The van der Waals surface area contributed by atoms with Gasteiger partial charge in [-0.25, -0.2) is 0 Å². The van der Waals surface area contributed by atoms with Crippen LogP contribution in [0.25, 0.3) is 0 Å². The van der Waals surface area contributed by atoms with Crippen molar-refractivity contribution >= 4 is 5.71 Å². The Labute approximate surface area is 164 Å². The summed E-state index contributed by atoms with van der Waals surface area (Å²) >= 11 is 0. The van der Waals surface area contributed by atoms with E-state index in [1.165, 1.54) is 0 Å². The van der Waals surface area contributed by atoms with Gasteiger partial charge in [0.15, 0.2) is 0 Å². The molecule has 1 fully saturated rings. The zero-order chi connectivity index (χ0) is 20.4. The predicted octanol–water partition coefficient (Wildman–Crippen LogP) is 1.49. The minimum atomic E-state index is -1.39. The molecule has 0 amide bonds. The molecule has 5 atom stereocenters. The summed E-state index contributed by atoms with van der Waals surface area (Å²) in [6.07, 6.45) is -5.13. The summed E-state index contributed by atoms with van der Waals surface area (Å²) in [5, 5.41) is 47.5. The molecular formula is C22H27NO5. The summed E-state index contributed by atoms with van der Waals surface area (Å²) in [6.45, 7) is 3.31. The van der Waals surface area contributed by atoms with Crippen molar-refractivity contribution in [2.45, 2.75) is 50.8 Å². The summed E-state index contributed by atoms with van der Waals surface area (Å²) in [4.78, 5) is 0. The molecule has 1 saturated heterocycles. The second-order valence-electron chi connectivity index (χ2n) is 7.43. The molecule has 1 aliphatic rings. The van der Waals surface area contributed by atoms with Crippen LogP contribution in [0, 0.1) is 12.3 Å². The van der Waals surface area contributed by atoms with Gasteiger partial charge in [0, 0.05) is 5.71 Å². The molecule has 0 aromatic heterocycles. The average molecular weight is 385 g/mol. The zero-order valence-corrected chi connectivity index (χ0v) is 16.0. The third-order valence-electron chi connectivity index (χ3n) is 5.38. The molecule has 2 aromatic carbocycles. The van der Waals surface area contributed by atoms with Crippen LogP contribution in [0.1, 0.15) is 40.8 Å². The van der Waals surface area contributed by atoms with Crippen LogP contribution in [-0.2, 0) is 11.2 Å². The van der Waals surface area contributed by atoms with E-state index in [1.807, 2.05) is 49.4 Å². The maximum absolute atomic E-state index is 10.4. The molecule has 0 aliphatic carbocycles. The zero-order valence-electron chi connectivity index (χ0n) is 16.0. The minimum Gasteiger partial charge on any atom is -0.394 e. The van der Waals surface area contributed by atoms with Gasteiger partial charge in [-0.15, -0.1) is 0 Å². The first-order valence-electron chi connectivity index (χ1n) is 9.36. The van der Waals surface area contributed by atoms with Gasteiger partial charge >= 0.3 is 0 Å². The second-order valence-corrected chi connectivity index (χ2v) is 7.43. The smallest absolute Gasteiger partial charge is 0.113 e. The highest BCUT2D eigenvalue weighted by Crippen LogP contribution is 2.33. The molecule has 6 nitrogen and oxygen atoms in total. The van der Waals surface area contributed by atoms with Crippen molar-refractivity contribution in [2.75, 3.05) is 6.61 Å². The van der Waals surface area contributed by atoms with Crippen LogP contribution in [-0.4, -0.2) is 57.2 Å². The van der Waals surface area contributed by atoms with Crippen molar-refractivity contribution in [2.24, 2.45) is 0 Å². The van der Waals surface area contributed by atoms with Gasteiger partial charge in [0.2, 0.25) is 0 Å². The van der Waals surface area contributed by atoms with Gasteiger partial charge in [0.25, 0.3) is 0 Å². The topological polar surface area (TPSA) is 114 Å². The summed E-state index contributed by atoms with van der Waals surface area (Å²) in [6, 6.07) is 13.5. The Morgan fingerprint density at radius 3 is 2.29 bits per heavy atom. The summed E-state index contributed by atoms with van der Waals surface area (Å²) in [5.41, 5.74) is 5.32. The fraction of sp³-hybridized carbons (Fsp3) is 0.409. The summed E-state index contributed by atoms with van der Waals surface area (Å²) < 4.78 is 5.67. The fourth-order valence-electron chi connectivity index (χ4n) is 3.53. The van der Waals surface area contributed by atoms with Gasteiger partial charge in [-0.05, 0) is 48.1 Å². The first kappa shape index (κ1) is 20.6. The number of nitrogens with one attached hydrogen (secondary N) is 1. The largest absolute Gasteiger partial charge is 0.394 e. The lowest BCUT2D eigenvalue weighted by Crippen LogP contribution is -2.55. The van der Waals surface area contributed by atoms with Crippen LogP contribution in [0.2, 0.25) is 0 Å². The molecule has 1 heterocycles. The Morgan fingerprint density at radius 2 is 1.68 bits per heavy atom. The average Bonchev–Trinajstić information content (AvgIpc) is 2.69. The van der Waals surface area contributed by atoms with E-state index in [-0.39, 0.29) is 0 Å². The van der Waals surface area contributed by atoms with Crippen LogP contribution in [0.3, 0.4) is 0 Å². The van der Waals surface area contributed by atoms with E-state index in [9.17, 15) is 20.4 Å².